The van der Waals surface area contributed by atoms with Gasteiger partial charge in [-0.15, -0.1) is 0 Å². The molecule has 9 heavy (non-hydrogen) atoms. The standard InChI is InChI=1S/C5H11NO3/c1-3(5(8)9)6-4(2)7/h3,5,8-9H,1-2H3,(H,6,7)/t3-/m1/s1. The summed E-state index contributed by atoms with van der Waals surface area (Å²) < 4.78 is 0. The zero-order valence-corrected chi connectivity index (χ0v) is 5.46. The van der Waals surface area contributed by atoms with Gasteiger partial charge in [0.05, 0.1) is 6.04 Å². The van der Waals surface area contributed by atoms with Crippen molar-refractivity contribution in [2.75, 3.05) is 0 Å². The van der Waals surface area contributed by atoms with Gasteiger partial charge in [-0.1, -0.05) is 0 Å². The minimum absolute atomic E-state index is 0.268. The lowest BCUT2D eigenvalue weighted by Crippen LogP contribution is -2.39. The second kappa shape index (κ2) is 3.42. The predicted molar refractivity (Wildman–Crippen MR) is 31.5 cm³/mol. The monoisotopic (exact) mass is 133 g/mol. The Kier molecular flexibility index (Phi) is 3.19. The first-order valence-electron chi connectivity index (χ1n) is 2.67. The van der Waals surface area contributed by atoms with Crippen LogP contribution in [-0.2, 0) is 4.79 Å². The zero-order chi connectivity index (χ0) is 7.44. The molecule has 0 aromatic carbocycles. The third-order valence-electron chi connectivity index (χ3n) is 0.878. The van der Waals surface area contributed by atoms with E-state index in [0.29, 0.717) is 0 Å². The van der Waals surface area contributed by atoms with Crippen LogP contribution in [0.2, 0.25) is 0 Å². The molecule has 0 heterocycles. The molecule has 0 fully saturated rings. The summed E-state index contributed by atoms with van der Waals surface area (Å²) in [5.74, 6) is -0.268. The van der Waals surface area contributed by atoms with Crippen molar-refractivity contribution in [2.45, 2.75) is 26.2 Å². The second-order valence-corrected chi connectivity index (χ2v) is 1.90. The molecule has 4 heteroatoms. The minimum atomic E-state index is -1.48. The molecule has 0 saturated carbocycles. The lowest BCUT2D eigenvalue weighted by Gasteiger charge is -2.13. The van der Waals surface area contributed by atoms with Crippen molar-refractivity contribution in [3.63, 3.8) is 0 Å². The first kappa shape index (κ1) is 8.39. The van der Waals surface area contributed by atoms with Crippen LogP contribution in [0.5, 0.6) is 0 Å². The van der Waals surface area contributed by atoms with Crippen LogP contribution in [0.4, 0.5) is 0 Å². The average Bonchev–Trinajstić information content (AvgIpc) is 1.63. The van der Waals surface area contributed by atoms with Crippen LogP contribution in [0.3, 0.4) is 0 Å². The topological polar surface area (TPSA) is 69.6 Å². The summed E-state index contributed by atoms with van der Waals surface area (Å²) in [5.41, 5.74) is 0. The number of hydrogen-bond acceptors (Lipinski definition) is 3. The van der Waals surface area contributed by atoms with Crippen LogP contribution in [0.1, 0.15) is 13.8 Å². The number of nitrogens with one attached hydrogen (secondary N) is 1. The third-order valence-corrected chi connectivity index (χ3v) is 0.878. The molecule has 0 saturated heterocycles. The number of aliphatic hydroxyl groups is 2. The fourth-order valence-electron chi connectivity index (χ4n) is 0.395. The molecule has 0 radical (unpaired) electrons. The minimum Gasteiger partial charge on any atom is -0.366 e. The lowest BCUT2D eigenvalue weighted by molar-refractivity contribution is -0.124. The van der Waals surface area contributed by atoms with Crippen LogP contribution >= 0.6 is 0 Å². The summed E-state index contributed by atoms with van der Waals surface area (Å²) in [4.78, 5) is 10.2. The zero-order valence-electron chi connectivity index (χ0n) is 5.46. The quantitative estimate of drug-likeness (QED) is 0.415. The van der Waals surface area contributed by atoms with E-state index >= 15 is 0 Å². The van der Waals surface area contributed by atoms with Crippen molar-refractivity contribution in [3.8, 4) is 0 Å². The highest BCUT2D eigenvalue weighted by Crippen LogP contribution is 1.85. The second-order valence-electron chi connectivity index (χ2n) is 1.90. The van der Waals surface area contributed by atoms with Gasteiger partial charge in [-0.05, 0) is 6.92 Å². The van der Waals surface area contributed by atoms with Gasteiger partial charge >= 0.3 is 0 Å². The van der Waals surface area contributed by atoms with Crippen molar-refractivity contribution >= 4 is 5.91 Å². The molecule has 0 unspecified atom stereocenters. The van der Waals surface area contributed by atoms with E-state index in [4.69, 9.17) is 10.2 Å². The van der Waals surface area contributed by atoms with Gasteiger partial charge in [-0.25, -0.2) is 0 Å². The largest absolute Gasteiger partial charge is 0.366 e. The maximum absolute atomic E-state index is 10.2. The molecule has 0 aliphatic heterocycles. The van der Waals surface area contributed by atoms with Crippen molar-refractivity contribution in [1.82, 2.24) is 5.32 Å². The van der Waals surface area contributed by atoms with Crippen molar-refractivity contribution in [2.24, 2.45) is 0 Å². The summed E-state index contributed by atoms with van der Waals surface area (Å²) in [6.45, 7) is 2.82. The number of carbonyl (C=O) groups excluding carboxylic acids is 1. The Morgan fingerprint density at radius 1 is 1.56 bits per heavy atom. The number of carbonyl (C=O) groups is 1. The molecule has 4 nitrogen and oxygen atoms in total. The Labute approximate surface area is 53.5 Å². The number of rotatable bonds is 2. The molecule has 1 atom stereocenters. The Balaban J connectivity index is 3.50. The number of amides is 1. The fraction of sp³-hybridized carbons (Fsp3) is 0.800. The molecule has 0 rings (SSSR count). The molecule has 3 N–H and O–H groups in total. The van der Waals surface area contributed by atoms with Gasteiger partial charge in [0, 0.05) is 6.92 Å². The Morgan fingerprint density at radius 2 is 2.00 bits per heavy atom. The smallest absolute Gasteiger partial charge is 0.217 e. The highest BCUT2D eigenvalue weighted by Gasteiger charge is 2.09. The normalized spacial score (nSPS) is 13.4. The van der Waals surface area contributed by atoms with Crippen LogP contribution in [-0.4, -0.2) is 28.5 Å². The van der Waals surface area contributed by atoms with Crippen molar-refractivity contribution < 1.29 is 15.0 Å². The van der Waals surface area contributed by atoms with E-state index in [9.17, 15) is 4.79 Å². The van der Waals surface area contributed by atoms with Crippen LogP contribution < -0.4 is 5.32 Å². The Bertz CT molecular complexity index is 102. The van der Waals surface area contributed by atoms with E-state index in [0.717, 1.165) is 0 Å². The van der Waals surface area contributed by atoms with Gasteiger partial charge in [-0.3, -0.25) is 4.79 Å². The van der Waals surface area contributed by atoms with Gasteiger partial charge in [0.25, 0.3) is 0 Å². The number of aliphatic hydroxyl groups excluding tert-OH is 1. The van der Waals surface area contributed by atoms with Crippen LogP contribution in [0, 0.1) is 0 Å². The summed E-state index contributed by atoms with van der Waals surface area (Å²) in [5, 5.41) is 19.1. The summed E-state index contributed by atoms with van der Waals surface area (Å²) >= 11 is 0. The number of hydrogen-bond donors (Lipinski definition) is 3. The molecule has 54 valence electrons. The van der Waals surface area contributed by atoms with E-state index in [2.05, 4.69) is 5.32 Å². The predicted octanol–water partition coefficient (Wildman–Crippen LogP) is -1.18. The van der Waals surface area contributed by atoms with E-state index in [-0.39, 0.29) is 5.91 Å². The van der Waals surface area contributed by atoms with Crippen molar-refractivity contribution in [1.29, 1.82) is 0 Å². The van der Waals surface area contributed by atoms with E-state index in [1.165, 1.54) is 13.8 Å². The molecular formula is C5H11NO3. The highest BCUT2D eigenvalue weighted by atomic mass is 16.5. The van der Waals surface area contributed by atoms with E-state index in [1.807, 2.05) is 0 Å². The maximum atomic E-state index is 10.2. The Hall–Kier alpha value is -0.610. The molecule has 0 spiro atoms. The van der Waals surface area contributed by atoms with E-state index in [1.54, 1.807) is 0 Å². The summed E-state index contributed by atoms with van der Waals surface area (Å²) in [6, 6.07) is -0.595. The molecule has 0 bridgehead atoms. The fourth-order valence-corrected chi connectivity index (χ4v) is 0.395. The molecular weight excluding hydrogens is 122 g/mol. The SMILES string of the molecule is CC(=O)N[C@H](C)C(O)O. The summed E-state index contributed by atoms with van der Waals surface area (Å²) in [7, 11) is 0. The van der Waals surface area contributed by atoms with E-state index < -0.39 is 12.3 Å². The average molecular weight is 133 g/mol. The van der Waals surface area contributed by atoms with Gasteiger partial charge in [0.1, 0.15) is 0 Å². The van der Waals surface area contributed by atoms with Gasteiger partial charge in [-0.2, -0.15) is 0 Å². The van der Waals surface area contributed by atoms with Gasteiger partial charge in [0.2, 0.25) is 5.91 Å². The molecule has 0 aromatic heterocycles. The van der Waals surface area contributed by atoms with Crippen LogP contribution in [0.15, 0.2) is 0 Å². The lowest BCUT2D eigenvalue weighted by atomic mass is 10.3. The molecule has 1 amide bonds. The first-order valence-corrected chi connectivity index (χ1v) is 2.67. The Morgan fingerprint density at radius 3 is 2.11 bits per heavy atom. The highest BCUT2D eigenvalue weighted by molar-refractivity contribution is 5.73. The maximum Gasteiger partial charge on any atom is 0.217 e. The molecule has 0 aliphatic rings. The summed E-state index contributed by atoms with van der Waals surface area (Å²) in [6.07, 6.45) is -1.48. The molecule has 0 aromatic rings. The van der Waals surface area contributed by atoms with Gasteiger partial charge < -0.3 is 15.5 Å². The van der Waals surface area contributed by atoms with Gasteiger partial charge in [0.15, 0.2) is 6.29 Å². The third kappa shape index (κ3) is 3.93. The van der Waals surface area contributed by atoms with Crippen molar-refractivity contribution in [3.05, 3.63) is 0 Å². The van der Waals surface area contributed by atoms with Crippen LogP contribution in [0.25, 0.3) is 0 Å². The molecule has 0 aliphatic carbocycles. The first-order chi connectivity index (χ1) is 4.04.